The first-order valence-electron chi connectivity index (χ1n) is 10.4. The van der Waals surface area contributed by atoms with E-state index in [1.165, 1.54) is 36.8 Å². The third-order valence-electron chi connectivity index (χ3n) is 4.85. The second-order valence-corrected chi connectivity index (χ2v) is 11.1. The Hall–Kier alpha value is -2.90. The van der Waals surface area contributed by atoms with E-state index in [4.69, 9.17) is 11.6 Å². The summed E-state index contributed by atoms with van der Waals surface area (Å²) in [5, 5.41) is 12.1. The number of nitrogens with one attached hydrogen (secondary N) is 3. The number of hydrogen-bond acceptors (Lipinski definition) is 6. The predicted octanol–water partition coefficient (Wildman–Crippen LogP) is 1.50. The Morgan fingerprint density at radius 3 is 2.60 bits per heavy atom. The summed E-state index contributed by atoms with van der Waals surface area (Å²) in [6.07, 6.45) is 3.25. The summed E-state index contributed by atoms with van der Waals surface area (Å²) in [7, 11) is -3.70. The number of imidazole rings is 1. The largest absolute Gasteiger partial charge is 0.611 e. The molecule has 1 unspecified atom stereocenters. The Morgan fingerprint density at radius 1 is 1.20 bits per heavy atom. The highest BCUT2D eigenvalue weighted by Gasteiger charge is 2.24. The van der Waals surface area contributed by atoms with Crippen molar-refractivity contribution in [2.24, 2.45) is 0 Å². The van der Waals surface area contributed by atoms with Gasteiger partial charge in [-0.2, -0.15) is 0 Å². The number of carboxylic acids is 1. The zero-order chi connectivity index (χ0) is 25.4. The van der Waals surface area contributed by atoms with Gasteiger partial charge in [-0.25, -0.2) is 22.9 Å². The second-order valence-electron chi connectivity index (χ2n) is 7.46. The van der Waals surface area contributed by atoms with Gasteiger partial charge in [-0.15, -0.1) is 0 Å². The van der Waals surface area contributed by atoms with Gasteiger partial charge in [-0.05, 0) is 59.6 Å². The smallest absolute Gasteiger partial charge is 0.326 e. The van der Waals surface area contributed by atoms with Crippen LogP contribution < -0.4 is 10.0 Å². The van der Waals surface area contributed by atoms with E-state index in [1.54, 1.807) is 24.3 Å². The van der Waals surface area contributed by atoms with Gasteiger partial charge in [0.1, 0.15) is 6.04 Å². The van der Waals surface area contributed by atoms with Gasteiger partial charge in [0.15, 0.2) is 10.6 Å². The Bertz CT molecular complexity index is 1250. The third kappa shape index (κ3) is 8.08. The molecule has 0 saturated carbocycles. The maximum absolute atomic E-state index is 12.7. The molecule has 0 aliphatic heterocycles. The number of carbonyl (C=O) groups is 2. The standard InChI is InChI=1S/C22H23ClN4O6S2/c23-16-4-6-19(7-5-16)35(32,33)26-9-8-15-2-1-3-18(10-15)34(31)13-21(28)27-20(22(29)30)11-17-12-24-14-25-17/h1-7,10,12,14,20,26H,8-9,11,13H2,(H,24,25)(H,27,28)(H,29,30)/t20-,34?/m0/s1. The molecule has 0 saturated heterocycles. The van der Waals surface area contributed by atoms with Crippen molar-refractivity contribution >= 4 is 44.7 Å². The molecule has 35 heavy (non-hydrogen) atoms. The fourth-order valence-electron chi connectivity index (χ4n) is 3.12. The van der Waals surface area contributed by atoms with Crippen LogP contribution in [0.3, 0.4) is 0 Å². The number of aliphatic carboxylic acids is 1. The number of carboxylic acid groups (broad SMARTS) is 1. The molecule has 0 aliphatic rings. The molecule has 3 aromatic rings. The van der Waals surface area contributed by atoms with Crippen LogP contribution in [0.2, 0.25) is 5.02 Å². The van der Waals surface area contributed by atoms with Crippen molar-refractivity contribution in [2.75, 3.05) is 12.3 Å². The normalized spacial score (nSPS) is 13.2. The van der Waals surface area contributed by atoms with Crippen molar-refractivity contribution in [1.29, 1.82) is 0 Å². The van der Waals surface area contributed by atoms with Gasteiger partial charge < -0.3 is 20.0 Å². The number of carbonyl (C=O) groups excluding carboxylic acids is 1. The van der Waals surface area contributed by atoms with E-state index < -0.39 is 44.9 Å². The van der Waals surface area contributed by atoms with E-state index in [-0.39, 0.29) is 17.9 Å². The topological polar surface area (TPSA) is 164 Å². The number of amides is 1. The summed E-state index contributed by atoms with van der Waals surface area (Å²) in [5.74, 6) is -2.32. The highest BCUT2D eigenvalue weighted by Crippen LogP contribution is 2.16. The molecule has 4 N–H and O–H groups in total. The monoisotopic (exact) mass is 538 g/mol. The van der Waals surface area contributed by atoms with Crippen molar-refractivity contribution in [2.45, 2.75) is 28.7 Å². The number of hydrogen-bond donors (Lipinski definition) is 4. The summed E-state index contributed by atoms with van der Waals surface area (Å²) < 4.78 is 39.9. The zero-order valence-corrected chi connectivity index (χ0v) is 20.7. The van der Waals surface area contributed by atoms with Gasteiger partial charge in [-0.1, -0.05) is 23.7 Å². The lowest BCUT2D eigenvalue weighted by Gasteiger charge is -2.15. The summed E-state index contributed by atoms with van der Waals surface area (Å²) in [5.41, 5.74) is 1.19. The maximum Gasteiger partial charge on any atom is 0.326 e. The fraction of sp³-hybridized carbons (Fsp3) is 0.227. The average molecular weight is 539 g/mol. The summed E-state index contributed by atoms with van der Waals surface area (Å²) in [6, 6.07) is 11.2. The summed E-state index contributed by atoms with van der Waals surface area (Å²) in [6.45, 7) is 0.106. The number of sulfonamides is 1. The SMILES string of the molecule is O=C(C[S+]([O-])c1cccc(CCNS(=O)(=O)c2ccc(Cl)cc2)c1)N[C@@H](Cc1c[nH]cn1)C(=O)O. The molecule has 13 heteroatoms. The lowest BCUT2D eigenvalue weighted by atomic mass is 10.1. The summed E-state index contributed by atoms with van der Waals surface area (Å²) in [4.78, 5) is 30.9. The molecule has 0 fully saturated rings. The first-order chi connectivity index (χ1) is 16.6. The van der Waals surface area contributed by atoms with Crippen LogP contribution in [0.15, 0.2) is 70.8 Å². The molecule has 1 heterocycles. The van der Waals surface area contributed by atoms with Crippen molar-refractivity contribution < 1.29 is 27.7 Å². The quantitative estimate of drug-likeness (QED) is 0.254. The van der Waals surface area contributed by atoms with E-state index in [2.05, 4.69) is 20.0 Å². The maximum atomic E-state index is 12.7. The summed E-state index contributed by atoms with van der Waals surface area (Å²) >= 11 is 4.07. The van der Waals surface area contributed by atoms with Gasteiger partial charge in [0.25, 0.3) is 5.91 Å². The van der Waals surface area contributed by atoms with Crippen LogP contribution in [-0.2, 0) is 43.6 Å². The molecular weight excluding hydrogens is 516 g/mol. The van der Waals surface area contributed by atoms with E-state index in [0.717, 1.165) is 5.56 Å². The third-order valence-corrected chi connectivity index (χ3v) is 7.89. The number of aromatic amines is 1. The molecule has 0 spiro atoms. The Morgan fingerprint density at radius 2 is 1.94 bits per heavy atom. The molecule has 1 amide bonds. The van der Waals surface area contributed by atoms with Crippen molar-refractivity contribution in [3.63, 3.8) is 0 Å². The molecule has 0 bridgehead atoms. The molecule has 0 radical (unpaired) electrons. The predicted molar refractivity (Wildman–Crippen MR) is 130 cm³/mol. The lowest BCUT2D eigenvalue weighted by Crippen LogP contribution is -2.44. The van der Waals surface area contributed by atoms with E-state index >= 15 is 0 Å². The highest BCUT2D eigenvalue weighted by atomic mass is 35.5. The number of aromatic nitrogens is 2. The van der Waals surface area contributed by atoms with E-state index in [1.807, 2.05) is 0 Å². The van der Waals surface area contributed by atoms with E-state index in [0.29, 0.717) is 22.0 Å². The molecular formula is C22H23ClN4O6S2. The van der Waals surface area contributed by atoms with Gasteiger partial charge in [-0.3, -0.25) is 4.79 Å². The molecule has 1 aromatic heterocycles. The number of rotatable bonds is 12. The fourth-order valence-corrected chi connectivity index (χ4v) is 5.28. The van der Waals surface area contributed by atoms with Crippen molar-refractivity contribution in [1.82, 2.24) is 20.0 Å². The van der Waals surface area contributed by atoms with Gasteiger partial charge >= 0.3 is 5.97 Å². The van der Waals surface area contributed by atoms with Crippen molar-refractivity contribution in [3.05, 3.63) is 77.3 Å². The average Bonchev–Trinajstić information content (AvgIpc) is 3.32. The van der Waals surface area contributed by atoms with Crippen LogP contribution >= 0.6 is 11.6 Å². The number of nitrogens with zero attached hydrogens (tertiary/aromatic N) is 1. The second kappa shape index (κ2) is 12.2. The van der Waals surface area contributed by atoms with Crippen LogP contribution in [0, 0.1) is 0 Å². The highest BCUT2D eigenvalue weighted by molar-refractivity contribution is 7.92. The Kier molecular flexibility index (Phi) is 9.29. The minimum atomic E-state index is -3.70. The van der Waals surface area contributed by atoms with Crippen LogP contribution in [0.1, 0.15) is 11.3 Å². The molecule has 0 aliphatic carbocycles. The number of benzene rings is 2. The van der Waals surface area contributed by atoms with Gasteiger partial charge in [0, 0.05) is 24.2 Å². The molecule has 10 nitrogen and oxygen atoms in total. The lowest BCUT2D eigenvalue weighted by molar-refractivity contribution is -0.141. The van der Waals surface area contributed by atoms with Gasteiger partial charge in [0.05, 0.1) is 16.9 Å². The number of H-pyrrole nitrogens is 1. The minimum Gasteiger partial charge on any atom is -0.611 e. The Labute approximate surface area is 210 Å². The Balaban J connectivity index is 1.54. The van der Waals surface area contributed by atoms with Crippen molar-refractivity contribution in [3.8, 4) is 0 Å². The first-order valence-corrected chi connectivity index (χ1v) is 13.5. The van der Waals surface area contributed by atoms with E-state index in [9.17, 15) is 27.7 Å². The van der Waals surface area contributed by atoms with Gasteiger partial charge in [0.2, 0.25) is 10.0 Å². The van der Waals surface area contributed by atoms with Crippen LogP contribution in [0.25, 0.3) is 0 Å². The van der Waals surface area contributed by atoms with Crippen LogP contribution in [0.4, 0.5) is 0 Å². The van der Waals surface area contributed by atoms with Crippen LogP contribution in [-0.4, -0.2) is 58.3 Å². The molecule has 3 rings (SSSR count). The first kappa shape index (κ1) is 26.7. The zero-order valence-electron chi connectivity index (χ0n) is 18.3. The molecule has 186 valence electrons. The molecule has 2 atom stereocenters. The number of halogens is 1. The molecule has 2 aromatic carbocycles. The minimum absolute atomic E-state index is 0.0153. The van der Waals surface area contributed by atoms with Crippen LogP contribution in [0.5, 0.6) is 0 Å².